The monoisotopic (exact) mass is 230 g/mol. The fourth-order valence-electron chi connectivity index (χ4n) is 1.20. The second-order valence-electron chi connectivity index (χ2n) is 3.54. The van der Waals surface area contributed by atoms with Crippen LogP contribution in [0.5, 0.6) is 0 Å². The zero-order chi connectivity index (χ0) is 11.4. The fourth-order valence-corrected chi connectivity index (χ4v) is 1.34. The van der Waals surface area contributed by atoms with Crippen LogP contribution in [-0.2, 0) is 0 Å². The van der Waals surface area contributed by atoms with E-state index in [4.69, 9.17) is 11.6 Å². The quantitative estimate of drug-likeness (QED) is 0.474. The van der Waals surface area contributed by atoms with E-state index in [9.17, 15) is 0 Å². The van der Waals surface area contributed by atoms with Gasteiger partial charge in [-0.1, -0.05) is 44.2 Å². The number of hydrogen-bond acceptors (Lipinski definition) is 2. The Kier molecular flexibility index (Phi) is 11.2. The maximum atomic E-state index is 5.87. The van der Waals surface area contributed by atoms with Gasteiger partial charge in [-0.2, -0.15) is 0 Å². The summed E-state index contributed by atoms with van der Waals surface area (Å²) >= 11 is 5.87. The molecule has 0 spiro atoms. The smallest absolute Gasteiger partial charge is 0.0740 e. The molecule has 0 amide bonds. The van der Waals surface area contributed by atoms with Gasteiger partial charge in [0.25, 0.3) is 0 Å². The summed E-state index contributed by atoms with van der Waals surface area (Å²) in [5.41, 5.74) is 0. The zero-order valence-corrected chi connectivity index (χ0v) is 10.7. The van der Waals surface area contributed by atoms with Gasteiger partial charge in [-0.3, -0.25) is 4.99 Å². The van der Waals surface area contributed by atoms with Crippen molar-refractivity contribution < 1.29 is 0 Å². The molecule has 0 bridgehead atoms. The summed E-state index contributed by atoms with van der Waals surface area (Å²) in [6, 6.07) is 0. The number of nitrogens with zero attached hydrogens (tertiary/aromatic N) is 1. The van der Waals surface area contributed by atoms with E-state index in [-0.39, 0.29) is 0 Å². The second kappa shape index (κ2) is 11.6. The van der Waals surface area contributed by atoms with Crippen LogP contribution in [0.25, 0.3) is 0 Å². The van der Waals surface area contributed by atoms with Gasteiger partial charge in [0.1, 0.15) is 0 Å². The lowest BCUT2D eigenvalue weighted by molar-refractivity contribution is 0.639. The van der Waals surface area contributed by atoms with Crippen molar-refractivity contribution in [2.45, 2.75) is 46.0 Å². The number of unbranched alkanes of at least 4 members (excludes halogenated alkanes) is 4. The Morgan fingerprint density at radius 2 is 1.93 bits per heavy atom. The van der Waals surface area contributed by atoms with Crippen LogP contribution in [0.1, 0.15) is 46.0 Å². The molecule has 2 nitrogen and oxygen atoms in total. The molecule has 0 heterocycles. The van der Waals surface area contributed by atoms with Gasteiger partial charge in [0.2, 0.25) is 0 Å². The lowest BCUT2D eigenvalue weighted by Gasteiger charge is -1.96. The Labute approximate surface area is 98.8 Å². The van der Waals surface area contributed by atoms with Crippen LogP contribution < -0.4 is 5.32 Å². The van der Waals surface area contributed by atoms with Gasteiger partial charge in [-0.25, -0.2) is 0 Å². The highest BCUT2D eigenvalue weighted by Gasteiger charge is 1.88. The molecule has 0 aromatic carbocycles. The van der Waals surface area contributed by atoms with Crippen LogP contribution in [0.3, 0.4) is 0 Å². The first-order valence-corrected chi connectivity index (χ1v) is 6.28. The predicted molar refractivity (Wildman–Crippen MR) is 69.7 cm³/mol. The van der Waals surface area contributed by atoms with E-state index in [0.717, 1.165) is 13.1 Å². The topological polar surface area (TPSA) is 24.4 Å². The number of nitrogens with one attached hydrogen (secondary N) is 1. The first-order chi connectivity index (χ1) is 7.31. The normalized spacial score (nSPS) is 12.3. The summed E-state index contributed by atoms with van der Waals surface area (Å²) in [4.78, 5) is 4.26. The van der Waals surface area contributed by atoms with Crippen LogP contribution in [0.2, 0.25) is 0 Å². The minimum atomic E-state index is 0.672. The van der Waals surface area contributed by atoms with E-state index < -0.39 is 0 Å². The highest BCUT2D eigenvalue weighted by atomic mass is 35.5. The molecule has 0 unspecified atom stereocenters. The third-order valence-electron chi connectivity index (χ3n) is 2.05. The minimum Gasteiger partial charge on any atom is -0.390 e. The van der Waals surface area contributed by atoms with Crippen molar-refractivity contribution in [2.24, 2.45) is 4.99 Å². The summed E-state index contributed by atoms with van der Waals surface area (Å²) in [6.07, 6.45) is 9.91. The van der Waals surface area contributed by atoms with Crippen molar-refractivity contribution in [3.8, 4) is 0 Å². The van der Waals surface area contributed by atoms with Crippen molar-refractivity contribution in [3.63, 3.8) is 0 Å². The van der Waals surface area contributed by atoms with Crippen molar-refractivity contribution in [1.82, 2.24) is 5.32 Å². The molecule has 0 aliphatic heterocycles. The number of halogens is 1. The maximum Gasteiger partial charge on any atom is 0.0740 e. The van der Waals surface area contributed by atoms with Gasteiger partial charge in [0, 0.05) is 25.5 Å². The van der Waals surface area contributed by atoms with E-state index in [1.807, 2.05) is 6.92 Å². The molecule has 3 heteroatoms. The summed E-state index contributed by atoms with van der Waals surface area (Å²) in [7, 11) is 0. The highest BCUT2D eigenvalue weighted by Crippen LogP contribution is 2.02. The van der Waals surface area contributed by atoms with Crippen molar-refractivity contribution in [3.05, 3.63) is 11.2 Å². The summed E-state index contributed by atoms with van der Waals surface area (Å²) in [5, 5.41) is 3.70. The maximum absolute atomic E-state index is 5.87. The molecule has 0 aromatic rings. The Bertz CT molecular complexity index is 188. The predicted octanol–water partition coefficient (Wildman–Crippen LogP) is 3.72. The Balaban J connectivity index is 3.37. The van der Waals surface area contributed by atoms with Gasteiger partial charge >= 0.3 is 0 Å². The van der Waals surface area contributed by atoms with E-state index in [0.29, 0.717) is 5.03 Å². The first kappa shape index (κ1) is 14.5. The molecule has 0 saturated carbocycles. The molecular formula is C12H23ClN2. The molecule has 0 aliphatic carbocycles. The van der Waals surface area contributed by atoms with Crippen LogP contribution in [0.15, 0.2) is 16.2 Å². The van der Waals surface area contributed by atoms with Crippen LogP contribution in [-0.4, -0.2) is 19.3 Å². The molecule has 1 N–H and O–H groups in total. The lowest BCUT2D eigenvalue weighted by Crippen LogP contribution is -2.02. The average molecular weight is 231 g/mol. The van der Waals surface area contributed by atoms with Gasteiger partial charge in [-0.05, 0) is 13.3 Å². The fraction of sp³-hybridized carbons (Fsp3) is 0.750. The van der Waals surface area contributed by atoms with E-state index >= 15 is 0 Å². The number of aliphatic imine (C=N–C) groups is 1. The molecule has 15 heavy (non-hydrogen) atoms. The molecule has 0 radical (unpaired) electrons. The van der Waals surface area contributed by atoms with Crippen LogP contribution in [0.4, 0.5) is 0 Å². The molecule has 0 aliphatic rings. The van der Waals surface area contributed by atoms with Gasteiger partial charge in [0.05, 0.1) is 5.03 Å². The molecule has 0 rings (SSSR count). The standard InChI is InChI=1S/C12H23ClN2/c1-3-5-6-7-8-9-15-11-12(13)10-14-4-2/h10-11,14H,3-9H2,1-2H3/b12-10-,15-11-. The SMILES string of the molecule is CCCCCCC/N=C\C(Cl)=C\NCC. The summed E-state index contributed by atoms with van der Waals surface area (Å²) in [6.45, 7) is 6.04. The third kappa shape index (κ3) is 11.4. The summed E-state index contributed by atoms with van der Waals surface area (Å²) in [5.74, 6) is 0. The van der Waals surface area contributed by atoms with Crippen LogP contribution >= 0.6 is 11.6 Å². The van der Waals surface area contributed by atoms with E-state index in [1.165, 1.54) is 32.1 Å². The largest absolute Gasteiger partial charge is 0.390 e. The number of hydrogen-bond donors (Lipinski definition) is 1. The highest BCUT2D eigenvalue weighted by molar-refractivity contribution is 6.39. The van der Waals surface area contributed by atoms with Gasteiger partial charge in [-0.15, -0.1) is 0 Å². The molecule has 88 valence electrons. The molecule has 0 saturated heterocycles. The van der Waals surface area contributed by atoms with Crippen molar-refractivity contribution in [1.29, 1.82) is 0 Å². The Morgan fingerprint density at radius 1 is 1.20 bits per heavy atom. The average Bonchev–Trinajstić information content (AvgIpc) is 2.25. The van der Waals surface area contributed by atoms with Gasteiger partial charge < -0.3 is 5.32 Å². The minimum absolute atomic E-state index is 0.672. The number of rotatable bonds is 9. The summed E-state index contributed by atoms with van der Waals surface area (Å²) < 4.78 is 0. The van der Waals surface area contributed by atoms with Gasteiger partial charge in [0.15, 0.2) is 0 Å². The van der Waals surface area contributed by atoms with E-state index in [2.05, 4.69) is 17.2 Å². The Hall–Kier alpha value is -0.500. The second-order valence-corrected chi connectivity index (χ2v) is 3.97. The molecule has 0 atom stereocenters. The molecule has 0 fully saturated rings. The Morgan fingerprint density at radius 3 is 2.60 bits per heavy atom. The molecular weight excluding hydrogens is 208 g/mol. The number of allylic oxidation sites excluding steroid dienone is 1. The van der Waals surface area contributed by atoms with E-state index in [1.54, 1.807) is 12.4 Å². The third-order valence-corrected chi connectivity index (χ3v) is 2.26. The first-order valence-electron chi connectivity index (χ1n) is 5.90. The van der Waals surface area contributed by atoms with Crippen LogP contribution in [0, 0.1) is 0 Å². The van der Waals surface area contributed by atoms with Crippen molar-refractivity contribution in [2.75, 3.05) is 13.1 Å². The van der Waals surface area contributed by atoms with Crippen molar-refractivity contribution >= 4 is 17.8 Å². The lowest BCUT2D eigenvalue weighted by atomic mass is 10.2. The zero-order valence-electron chi connectivity index (χ0n) is 9.93. The molecule has 0 aromatic heterocycles.